The van der Waals surface area contributed by atoms with Crippen LogP contribution in [0.3, 0.4) is 0 Å². The Bertz CT molecular complexity index is 1260. The van der Waals surface area contributed by atoms with E-state index in [1.165, 1.54) is 16.7 Å². The SMILES string of the molecule is CC(C)c1ccccc1-n1c(=N)n(-c2c(C(C)C)cccc2C(C)C)c2ccccc21. The first-order valence-electron chi connectivity index (χ1n) is 11.3. The zero-order valence-electron chi connectivity index (χ0n) is 19.5. The lowest BCUT2D eigenvalue weighted by Gasteiger charge is -2.21. The highest BCUT2D eigenvalue weighted by molar-refractivity contribution is 5.81. The number of imidazole rings is 1. The van der Waals surface area contributed by atoms with E-state index in [1.807, 2.05) is 0 Å². The highest BCUT2D eigenvalue weighted by Crippen LogP contribution is 2.33. The van der Waals surface area contributed by atoms with Crippen LogP contribution in [0.15, 0.2) is 66.7 Å². The summed E-state index contributed by atoms with van der Waals surface area (Å²) in [6, 6.07) is 23.5. The number of hydrogen-bond donors (Lipinski definition) is 1. The van der Waals surface area contributed by atoms with E-state index >= 15 is 0 Å². The minimum absolute atomic E-state index is 0.366. The first-order valence-corrected chi connectivity index (χ1v) is 11.3. The van der Waals surface area contributed by atoms with Gasteiger partial charge in [-0.1, -0.05) is 90.1 Å². The number of benzene rings is 3. The highest BCUT2D eigenvalue weighted by Gasteiger charge is 2.22. The Morgan fingerprint density at radius 3 is 1.55 bits per heavy atom. The van der Waals surface area contributed by atoms with Crippen LogP contribution in [0.2, 0.25) is 0 Å². The molecule has 0 atom stereocenters. The molecular weight excluding hydrogens is 378 g/mol. The Labute approximate surface area is 185 Å². The van der Waals surface area contributed by atoms with E-state index in [-0.39, 0.29) is 0 Å². The van der Waals surface area contributed by atoms with Crippen LogP contribution in [0, 0.1) is 5.41 Å². The zero-order valence-corrected chi connectivity index (χ0v) is 19.5. The summed E-state index contributed by atoms with van der Waals surface area (Å²) in [6.45, 7) is 13.4. The summed E-state index contributed by atoms with van der Waals surface area (Å²) in [5.74, 6) is 1.11. The second-order valence-electron chi connectivity index (χ2n) is 9.29. The predicted octanol–water partition coefficient (Wildman–Crippen LogP) is 7.27. The number of nitrogens with one attached hydrogen (secondary N) is 1. The first kappa shape index (κ1) is 21.2. The molecule has 1 N–H and O–H groups in total. The summed E-state index contributed by atoms with van der Waals surface area (Å²) < 4.78 is 4.28. The van der Waals surface area contributed by atoms with Gasteiger partial charge in [0.25, 0.3) is 0 Å². The van der Waals surface area contributed by atoms with Crippen molar-refractivity contribution in [2.24, 2.45) is 0 Å². The standard InChI is InChI=1S/C28H33N3/c1-18(2)21-12-7-8-15-24(21)30-25-16-9-10-17-26(25)31(28(30)29)27-22(19(3)4)13-11-14-23(27)20(5)6/h7-20,29H,1-6H3. The quantitative estimate of drug-likeness (QED) is 0.358. The molecule has 0 amide bonds. The second-order valence-corrected chi connectivity index (χ2v) is 9.29. The average Bonchev–Trinajstić information content (AvgIpc) is 3.04. The lowest BCUT2D eigenvalue weighted by molar-refractivity contribution is 0.773. The summed E-state index contributed by atoms with van der Waals surface area (Å²) in [5.41, 5.74) is 8.69. The third-order valence-corrected chi connectivity index (χ3v) is 6.15. The maximum atomic E-state index is 9.39. The van der Waals surface area contributed by atoms with Crippen LogP contribution in [0.4, 0.5) is 0 Å². The number of aromatic nitrogens is 2. The lowest BCUT2D eigenvalue weighted by Crippen LogP contribution is -2.25. The Kier molecular flexibility index (Phi) is 5.62. The molecule has 0 fully saturated rings. The number of rotatable bonds is 5. The van der Waals surface area contributed by atoms with Gasteiger partial charge in [0.05, 0.1) is 22.4 Å². The van der Waals surface area contributed by atoms with Gasteiger partial charge in [-0.25, -0.2) is 0 Å². The third-order valence-electron chi connectivity index (χ3n) is 6.15. The van der Waals surface area contributed by atoms with E-state index in [0.29, 0.717) is 23.4 Å². The van der Waals surface area contributed by atoms with Gasteiger partial charge in [0.1, 0.15) is 0 Å². The van der Waals surface area contributed by atoms with E-state index in [9.17, 15) is 5.41 Å². The molecule has 0 saturated heterocycles. The van der Waals surface area contributed by atoms with E-state index in [0.717, 1.165) is 22.4 Å². The van der Waals surface area contributed by atoms with Gasteiger partial charge >= 0.3 is 0 Å². The summed E-state index contributed by atoms with van der Waals surface area (Å²) in [6.07, 6.45) is 0. The van der Waals surface area contributed by atoms with E-state index in [1.54, 1.807) is 0 Å². The van der Waals surface area contributed by atoms with Gasteiger partial charge in [0.2, 0.25) is 5.62 Å². The van der Waals surface area contributed by atoms with Crippen LogP contribution in [-0.4, -0.2) is 9.13 Å². The van der Waals surface area contributed by atoms with Gasteiger partial charge in [-0.15, -0.1) is 0 Å². The van der Waals surface area contributed by atoms with Crippen LogP contribution >= 0.6 is 0 Å². The van der Waals surface area contributed by atoms with Crippen molar-refractivity contribution in [3.05, 3.63) is 89.0 Å². The fourth-order valence-corrected chi connectivity index (χ4v) is 4.59. The van der Waals surface area contributed by atoms with Crippen molar-refractivity contribution in [1.82, 2.24) is 9.13 Å². The fraction of sp³-hybridized carbons (Fsp3) is 0.321. The molecule has 4 rings (SSSR count). The lowest BCUT2D eigenvalue weighted by atomic mass is 9.92. The zero-order chi connectivity index (χ0) is 22.3. The maximum Gasteiger partial charge on any atom is 0.212 e. The molecule has 1 heterocycles. The topological polar surface area (TPSA) is 33.7 Å². The van der Waals surface area contributed by atoms with Crippen LogP contribution in [0.5, 0.6) is 0 Å². The number of hydrogen-bond acceptors (Lipinski definition) is 1. The monoisotopic (exact) mass is 411 g/mol. The molecule has 0 aliphatic rings. The molecule has 4 aromatic rings. The molecule has 0 aliphatic heterocycles. The molecular formula is C28H33N3. The normalized spacial score (nSPS) is 11.9. The van der Waals surface area contributed by atoms with Gasteiger partial charge in [-0.3, -0.25) is 14.5 Å². The van der Waals surface area contributed by atoms with Crippen LogP contribution in [0.25, 0.3) is 22.4 Å². The molecule has 3 heteroatoms. The van der Waals surface area contributed by atoms with Crippen molar-refractivity contribution in [2.75, 3.05) is 0 Å². The van der Waals surface area contributed by atoms with Crippen LogP contribution in [0.1, 0.15) is 76.0 Å². The van der Waals surface area contributed by atoms with Crippen molar-refractivity contribution in [1.29, 1.82) is 5.41 Å². The van der Waals surface area contributed by atoms with Gasteiger partial charge in [-0.2, -0.15) is 0 Å². The minimum Gasteiger partial charge on any atom is -0.278 e. The number of nitrogens with zero attached hydrogens (tertiary/aromatic N) is 2. The van der Waals surface area contributed by atoms with Gasteiger partial charge < -0.3 is 0 Å². The molecule has 0 radical (unpaired) electrons. The molecule has 0 unspecified atom stereocenters. The van der Waals surface area contributed by atoms with E-state index in [4.69, 9.17) is 0 Å². The highest BCUT2D eigenvalue weighted by atomic mass is 15.2. The summed E-state index contributed by atoms with van der Waals surface area (Å²) >= 11 is 0. The molecule has 0 bridgehead atoms. The van der Waals surface area contributed by atoms with Gasteiger partial charge in [-0.05, 0) is 52.6 Å². The van der Waals surface area contributed by atoms with Crippen molar-refractivity contribution < 1.29 is 0 Å². The summed E-state index contributed by atoms with van der Waals surface area (Å²) in [5, 5.41) is 9.39. The Hall–Kier alpha value is -3.07. The predicted molar refractivity (Wildman–Crippen MR) is 131 cm³/mol. The van der Waals surface area contributed by atoms with Gasteiger partial charge in [0.15, 0.2) is 0 Å². The smallest absolute Gasteiger partial charge is 0.212 e. The van der Waals surface area contributed by atoms with Crippen LogP contribution < -0.4 is 5.62 Å². The Morgan fingerprint density at radius 1 is 0.548 bits per heavy atom. The van der Waals surface area contributed by atoms with Gasteiger partial charge in [0, 0.05) is 0 Å². The van der Waals surface area contributed by atoms with E-state index < -0.39 is 0 Å². The van der Waals surface area contributed by atoms with Crippen LogP contribution in [-0.2, 0) is 0 Å². The Balaban J connectivity index is 2.17. The first-order chi connectivity index (χ1) is 14.8. The van der Waals surface area contributed by atoms with Crippen molar-refractivity contribution in [3.63, 3.8) is 0 Å². The summed E-state index contributed by atoms with van der Waals surface area (Å²) in [7, 11) is 0. The molecule has 31 heavy (non-hydrogen) atoms. The summed E-state index contributed by atoms with van der Waals surface area (Å²) in [4.78, 5) is 0. The molecule has 1 aromatic heterocycles. The number of para-hydroxylation sites is 4. The fourth-order valence-electron chi connectivity index (χ4n) is 4.59. The second kappa shape index (κ2) is 8.22. The molecule has 0 aliphatic carbocycles. The average molecular weight is 412 g/mol. The molecule has 3 aromatic carbocycles. The van der Waals surface area contributed by atoms with Crippen molar-refractivity contribution in [3.8, 4) is 11.4 Å². The minimum atomic E-state index is 0.366. The third kappa shape index (κ3) is 3.52. The molecule has 160 valence electrons. The molecule has 0 saturated carbocycles. The van der Waals surface area contributed by atoms with Crippen molar-refractivity contribution in [2.45, 2.75) is 59.3 Å². The Morgan fingerprint density at radius 2 is 1.00 bits per heavy atom. The molecule has 0 spiro atoms. The van der Waals surface area contributed by atoms with E-state index in [2.05, 4.69) is 117 Å². The largest absolute Gasteiger partial charge is 0.278 e. The van der Waals surface area contributed by atoms with Crippen molar-refractivity contribution >= 4 is 11.0 Å². The maximum absolute atomic E-state index is 9.39. The number of fused-ring (bicyclic) bond motifs is 1. The molecule has 3 nitrogen and oxygen atoms in total.